The van der Waals surface area contributed by atoms with E-state index in [1.54, 1.807) is 0 Å². The number of rotatable bonds is 5. The third kappa shape index (κ3) is 4.22. The quantitative estimate of drug-likeness (QED) is 0.897. The number of nitrogens with one attached hydrogen (secondary N) is 1. The van der Waals surface area contributed by atoms with Gasteiger partial charge in [0.1, 0.15) is 17.9 Å². The highest BCUT2D eigenvalue weighted by atomic mass is 16.5. The van der Waals surface area contributed by atoms with Crippen molar-refractivity contribution in [2.75, 3.05) is 6.61 Å². The van der Waals surface area contributed by atoms with Crippen LogP contribution in [0.15, 0.2) is 18.2 Å². The van der Waals surface area contributed by atoms with E-state index in [1.165, 1.54) is 11.1 Å². The number of nitriles is 1. The van der Waals surface area contributed by atoms with Crippen molar-refractivity contribution >= 4 is 0 Å². The number of benzene rings is 1. The molecule has 0 unspecified atom stereocenters. The van der Waals surface area contributed by atoms with Crippen molar-refractivity contribution in [3.05, 3.63) is 29.3 Å². The normalized spacial score (nSPS) is 17.9. The molecule has 1 saturated carbocycles. The zero-order valence-corrected chi connectivity index (χ0v) is 13.8. The minimum atomic E-state index is -0.625. The number of hydrogen-bond acceptors (Lipinski definition) is 3. The van der Waals surface area contributed by atoms with Crippen molar-refractivity contribution in [1.82, 2.24) is 5.32 Å². The Labute approximate surface area is 128 Å². The summed E-state index contributed by atoms with van der Waals surface area (Å²) in [7, 11) is 0. The molecule has 0 aliphatic heterocycles. The fraction of sp³-hybridized carbons (Fsp3) is 0.611. The van der Waals surface area contributed by atoms with Crippen molar-refractivity contribution in [1.29, 1.82) is 5.26 Å². The molecule has 1 aliphatic carbocycles. The molecule has 0 radical (unpaired) electrons. The Bertz CT molecular complexity index is 549. The van der Waals surface area contributed by atoms with Gasteiger partial charge < -0.3 is 4.74 Å². The smallest absolute Gasteiger partial charge is 0.138 e. The molecular weight excluding hydrogens is 260 g/mol. The Hall–Kier alpha value is -1.53. The Morgan fingerprint density at radius 2 is 1.95 bits per heavy atom. The maximum absolute atomic E-state index is 9.43. The van der Waals surface area contributed by atoms with Crippen LogP contribution < -0.4 is 10.1 Å². The first-order valence-electron chi connectivity index (χ1n) is 7.66. The van der Waals surface area contributed by atoms with E-state index in [1.807, 2.05) is 6.92 Å². The SMILES string of the molecule is Cc1ccc(C(C)(C)C)c(OC[C@](C)(C#N)NC2CC2)c1. The Kier molecular flexibility index (Phi) is 4.30. The lowest BCUT2D eigenvalue weighted by Crippen LogP contribution is -2.47. The summed E-state index contributed by atoms with van der Waals surface area (Å²) in [5.41, 5.74) is 1.75. The van der Waals surface area contributed by atoms with E-state index in [2.05, 4.69) is 57.3 Å². The van der Waals surface area contributed by atoms with Gasteiger partial charge >= 0.3 is 0 Å². The highest BCUT2D eigenvalue weighted by Gasteiger charge is 2.33. The van der Waals surface area contributed by atoms with Gasteiger partial charge in [-0.15, -0.1) is 0 Å². The van der Waals surface area contributed by atoms with Gasteiger partial charge in [-0.1, -0.05) is 32.9 Å². The van der Waals surface area contributed by atoms with Crippen molar-refractivity contribution in [2.24, 2.45) is 0 Å². The minimum absolute atomic E-state index is 0.0238. The average molecular weight is 286 g/mol. The van der Waals surface area contributed by atoms with Gasteiger partial charge in [0.05, 0.1) is 6.07 Å². The predicted octanol–water partition coefficient (Wildman–Crippen LogP) is 3.71. The molecule has 0 saturated heterocycles. The molecule has 0 amide bonds. The second kappa shape index (κ2) is 5.69. The molecule has 0 aromatic heterocycles. The van der Waals surface area contributed by atoms with Crippen LogP contribution in [0.5, 0.6) is 5.75 Å². The molecule has 21 heavy (non-hydrogen) atoms. The van der Waals surface area contributed by atoms with Gasteiger partial charge in [0.2, 0.25) is 0 Å². The van der Waals surface area contributed by atoms with E-state index in [4.69, 9.17) is 4.74 Å². The summed E-state index contributed by atoms with van der Waals surface area (Å²) in [6.45, 7) is 10.9. The van der Waals surface area contributed by atoms with Crippen LogP contribution in [0.25, 0.3) is 0 Å². The lowest BCUT2D eigenvalue weighted by molar-refractivity contribution is 0.228. The Balaban J connectivity index is 2.15. The van der Waals surface area contributed by atoms with E-state index in [-0.39, 0.29) is 5.41 Å². The molecule has 0 spiro atoms. The Morgan fingerprint density at radius 3 is 2.48 bits per heavy atom. The Morgan fingerprint density at radius 1 is 1.29 bits per heavy atom. The average Bonchev–Trinajstić information content (AvgIpc) is 3.19. The number of hydrogen-bond donors (Lipinski definition) is 1. The summed E-state index contributed by atoms with van der Waals surface area (Å²) in [5.74, 6) is 0.890. The highest BCUT2D eigenvalue weighted by molar-refractivity contribution is 5.41. The topological polar surface area (TPSA) is 45.0 Å². The van der Waals surface area contributed by atoms with Crippen molar-refractivity contribution < 1.29 is 4.74 Å². The molecule has 1 fully saturated rings. The fourth-order valence-electron chi connectivity index (χ4n) is 2.38. The van der Waals surface area contributed by atoms with Crippen LogP contribution in [0.2, 0.25) is 0 Å². The molecule has 0 bridgehead atoms. The largest absolute Gasteiger partial charge is 0.490 e. The summed E-state index contributed by atoms with van der Waals surface area (Å²) >= 11 is 0. The standard InChI is InChI=1S/C18H26N2O/c1-13-6-9-15(17(2,3)4)16(10-13)21-12-18(5,11-19)20-14-7-8-14/h6,9-10,14,20H,7-8,12H2,1-5H3/t18-/m0/s1. The van der Waals surface area contributed by atoms with Gasteiger partial charge in [0.25, 0.3) is 0 Å². The minimum Gasteiger partial charge on any atom is -0.490 e. The van der Waals surface area contributed by atoms with Gasteiger partial charge in [-0.25, -0.2) is 0 Å². The first-order valence-corrected chi connectivity index (χ1v) is 7.66. The van der Waals surface area contributed by atoms with E-state index in [9.17, 15) is 5.26 Å². The third-order valence-electron chi connectivity index (χ3n) is 3.81. The third-order valence-corrected chi connectivity index (χ3v) is 3.81. The van der Waals surface area contributed by atoms with Crippen LogP contribution in [0, 0.1) is 18.3 Å². The second-order valence-electron chi connectivity index (χ2n) is 7.40. The molecule has 3 heteroatoms. The number of nitrogens with zero attached hydrogens (tertiary/aromatic N) is 1. The summed E-state index contributed by atoms with van der Waals surface area (Å²) in [6.07, 6.45) is 2.32. The summed E-state index contributed by atoms with van der Waals surface area (Å²) < 4.78 is 6.04. The molecule has 2 rings (SSSR count). The maximum Gasteiger partial charge on any atom is 0.138 e. The van der Waals surface area contributed by atoms with Gasteiger partial charge in [0, 0.05) is 6.04 Å². The van der Waals surface area contributed by atoms with Crippen LogP contribution in [-0.4, -0.2) is 18.2 Å². The summed E-state index contributed by atoms with van der Waals surface area (Å²) in [6, 6.07) is 9.14. The van der Waals surface area contributed by atoms with Crippen LogP contribution in [0.1, 0.15) is 51.7 Å². The van der Waals surface area contributed by atoms with Gasteiger partial charge in [-0.2, -0.15) is 5.26 Å². The predicted molar refractivity (Wildman–Crippen MR) is 85.5 cm³/mol. The molecule has 1 atom stereocenters. The molecule has 3 nitrogen and oxygen atoms in total. The van der Waals surface area contributed by atoms with Gasteiger partial charge in [0.15, 0.2) is 0 Å². The summed E-state index contributed by atoms with van der Waals surface area (Å²) in [5, 5.41) is 12.8. The van der Waals surface area contributed by atoms with Crippen LogP contribution in [0.4, 0.5) is 0 Å². The van der Waals surface area contributed by atoms with E-state index in [0.717, 1.165) is 18.6 Å². The van der Waals surface area contributed by atoms with Gasteiger partial charge in [-0.05, 0) is 49.3 Å². The maximum atomic E-state index is 9.43. The van der Waals surface area contributed by atoms with Crippen LogP contribution in [-0.2, 0) is 5.41 Å². The first-order chi connectivity index (χ1) is 9.73. The molecular formula is C18H26N2O. The number of aryl methyl sites for hydroxylation is 1. The zero-order valence-electron chi connectivity index (χ0n) is 13.8. The number of ether oxygens (including phenoxy) is 1. The second-order valence-corrected chi connectivity index (χ2v) is 7.40. The van der Waals surface area contributed by atoms with E-state index < -0.39 is 5.54 Å². The van der Waals surface area contributed by atoms with Crippen LogP contribution >= 0.6 is 0 Å². The summed E-state index contributed by atoms with van der Waals surface area (Å²) in [4.78, 5) is 0. The first kappa shape index (κ1) is 15.9. The molecule has 1 aliphatic rings. The van der Waals surface area contributed by atoms with Crippen molar-refractivity contribution in [3.8, 4) is 11.8 Å². The van der Waals surface area contributed by atoms with E-state index in [0.29, 0.717) is 12.6 Å². The molecule has 0 heterocycles. The van der Waals surface area contributed by atoms with E-state index >= 15 is 0 Å². The lowest BCUT2D eigenvalue weighted by atomic mass is 9.86. The lowest BCUT2D eigenvalue weighted by Gasteiger charge is -2.27. The molecule has 1 aromatic rings. The fourth-order valence-corrected chi connectivity index (χ4v) is 2.38. The van der Waals surface area contributed by atoms with Crippen molar-refractivity contribution in [3.63, 3.8) is 0 Å². The molecule has 1 aromatic carbocycles. The molecule has 114 valence electrons. The van der Waals surface area contributed by atoms with Crippen LogP contribution in [0.3, 0.4) is 0 Å². The van der Waals surface area contributed by atoms with Gasteiger partial charge in [-0.3, -0.25) is 5.32 Å². The zero-order chi connectivity index (χ0) is 15.7. The highest BCUT2D eigenvalue weighted by Crippen LogP contribution is 2.32. The molecule has 1 N–H and O–H groups in total. The monoisotopic (exact) mass is 286 g/mol. The van der Waals surface area contributed by atoms with Crippen molar-refractivity contribution in [2.45, 2.75) is 64.5 Å².